The molecule has 1 saturated heterocycles. The van der Waals surface area contributed by atoms with Crippen LogP contribution in [0.1, 0.15) is 30.5 Å². The van der Waals surface area contributed by atoms with Gasteiger partial charge in [0, 0.05) is 13.0 Å². The number of hydrogen-bond acceptors (Lipinski definition) is 5. The molecule has 148 valence electrons. The Labute approximate surface area is 165 Å². The number of ether oxygens (including phenoxy) is 3. The Balaban J connectivity index is 2.00. The monoisotopic (exact) mass is 383 g/mol. The van der Waals surface area contributed by atoms with Crippen molar-refractivity contribution in [2.45, 2.75) is 25.9 Å². The zero-order valence-corrected chi connectivity index (χ0v) is 16.4. The van der Waals surface area contributed by atoms with E-state index in [1.807, 2.05) is 42.5 Å². The van der Waals surface area contributed by atoms with Crippen molar-refractivity contribution in [1.29, 1.82) is 0 Å². The Bertz CT molecular complexity index is 836. The van der Waals surface area contributed by atoms with Gasteiger partial charge in [-0.25, -0.2) is 0 Å². The molecule has 2 atom stereocenters. The van der Waals surface area contributed by atoms with E-state index in [9.17, 15) is 9.59 Å². The van der Waals surface area contributed by atoms with E-state index in [2.05, 4.69) is 0 Å². The van der Waals surface area contributed by atoms with Gasteiger partial charge in [-0.05, 0) is 30.2 Å². The summed E-state index contributed by atoms with van der Waals surface area (Å²) in [6, 6.07) is 14.8. The Morgan fingerprint density at radius 2 is 1.79 bits per heavy atom. The average molecular weight is 383 g/mol. The Morgan fingerprint density at radius 1 is 1.07 bits per heavy atom. The fourth-order valence-corrected chi connectivity index (χ4v) is 3.67. The molecule has 0 aromatic heterocycles. The van der Waals surface area contributed by atoms with Gasteiger partial charge in [0.2, 0.25) is 5.91 Å². The summed E-state index contributed by atoms with van der Waals surface area (Å²) < 4.78 is 16.0. The van der Waals surface area contributed by atoms with Gasteiger partial charge in [-0.3, -0.25) is 9.59 Å². The van der Waals surface area contributed by atoms with E-state index in [0.717, 1.165) is 11.1 Å². The Hall–Kier alpha value is -3.02. The van der Waals surface area contributed by atoms with Crippen molar-refractivity contribution in [1.82, 2.24) is 4.90 Å². The number of esters is 1. The molecular formula is C22H25NO5. The van der Waals surface area contributed by atoms with Gasteiger partial charge in [0.25, 0.3) is 0 Å². The van der Waals surface area contributed by atoms with E-state index in [1.54, 1.807) is 32.1 Å². The lowest BCUT2D eigenvalue weighted by Crippen LogP contribution is -2.30. The maximum Gasteiger partial charge on any atom is 0.311 e. The number of nitrogens with zero attached hydrogens (tertiary/aromatic N) is 1. The highest BCUT2D eigenvalue weighted by atomic mass is 16.5. The van der Waals surface area contributed by atoms with E-state index < -0.39 is 12.0 Å². The van der Waals surface area contributed by atoms with Crippen LogP contribution in [0.5, 0.6) is 11.5 Å². The second kappa shape index (κ2) is 8.78. The molecular weight excluding hydrogens is 358 g/mol. The third-order valence-corrected chi connectivity index (χ3v) is 4.97. The number of methoxy groups -OCH3 is 2. The van der Waals surface area contributed by atoms with Crippen LogP contribution in [0.25, 0.3) is 0 Å². The van der Waals surface area contributed by atoms with Crippen LogP contribution in [0.2, 0.25) is 0 Å². The van der Waals surface area contributed by atoms with Gasteiger partial charge in [-0.15, -0.1) is 0 Å². The van der Waals surface area contributed by atoms with Crippen LogP contribution in [-0.2, 0) is 20.9 Å². The molecule has 0 radical (unpaired) electrons. The lowest BCUT2D eigenvalue weighted by molar-refractivity contribution is -0.149. The Kier molecular flexibility index (Phi) is 6.19. The van der Waals surface area contributed by atoms with Crippen molar-refractivity contribution in [3.63, 3.8) is 0 Å². The summed E-state index contributed by atoms with van der Waals surface area (Å²) >= 11 is 0. The molecule has 0 unspecified atom stereocenters. The van der Waals surface area contributed by atoms with Gasteiger partial charge in [-0.1, -0.05) is 36.4 Å². The summed E-state index contributed by atoms with van der Waals surface area (Å²) in [4.78, 5) is 27.2. The first-order chi connectivity index (χ1) is 13.6. The van der Waals surface area contributed by atoms with Crippen molar-refractivity contribution < 1.29 is 23.8 Å². The number of likely N-dealkylation sites (tertiary alicyclic amines) is 1. The molecule has 2 aromatic rings. The molecule has 1 amide bonds. The van der Waals surface area contributed by atoms with Gasteiger partial charge in [-0.2, -0.15) is 0 Å². The lowest BCUT2D eigenvalue weighted by atomic mass is 9.93. The minimum atomic E-state index is -0.561. The summed E-state index contributed by atoms with van der Waals surface area (Å²) in [6.45, 7) is 2.47. The van der Waals surface area contributed by atoms with Crippen LogP contribution in [0.3, 0.4) is 0 Å². The van der Waals surface area contributed by atoms with Gasteiger partial charge in [0.15, 0.2) is 11.5 Å². The van der Waals surface area contributed by atoms with Gasteiger partial charge >= 0.3 is 5.97 Å². The standard InChI is InChI=1S/C22H25NO5/c1-4-28-22(25)17-13-20(24)23(14-15-8-6-5-7-9-15)21(17)16-10-11-18(26-2)19(12-16)27-3/h5-12,17,21H,4,13-14H2,1-3H3/t17-,21+/m1/s1. The van der Waals surface area contributed by atoms with Crippen LogP contribution >= 0.6 is 0 Å². The molecule has 0 saturated carbocycles. The minimum Gasteiger partial charge on any atom is -0.493 e. The largest absolute Gasteiger partial charge is 0.493 e. The zero-order valence-electron chi connectivity index (χ0n) is 16.4. The predicted molar refractivity (Wildman–Crippen MR) is 104 cm³/mol. The normalized spacial score (nSPS) is 18.8. The number of rotatable bonds is 7. The molecule has 1 aliphatic heterocycles. The highest BCUT2D eigenvalue weighted by Crippen LogP contribution is 2.42. The van der Waals surface area contributed by atoms with Crippen molar-refractivity contribution >= 4 is 11.9 Å². The lowest BCUT2D eigenvalue weighted by Gasteiger charge is -2.28. The highest BCUT2D eigenvalue weighted by molar-refractivity contribution is 5.88. The summed E-state index contributed by atoms with van der Waals surface area (Å²) in [5.74, 6) is 0.168. The molecule has 0 spiro atoms. The summed E-state index contributed by atoms with van der Waals surface area (Å²) in [5.41, 5.74) is 1.82. The van der Waals surface area contributed by atoms with Gasteiger partial charge in [0.1, 0.15) is 0 Å². The molecule has 0 bridgehead atoms. The fourth-order valence-electron chi connectivity index (χ4n) is 3.67. The topological polar surface area (TPSA) is 65.1 Å². The van der Waals surface area contributed by atoms with E-state index in [-0.39, 0.29) is 24.9 Å². The highest BCUT2D eigenvalue weighted by Gasteiger charge is 2.45. The smallest absolute Gasteiger partial charge is 0.311 e. The Morgan fingerprint density at radius 3 is 2.43 bits per heavy atom. The molecule has 28 heavy (non-hydrogen) atoms. The maximum atomic E-state index is 12.8. The van der Waals surface area contributed by atoms with Crippen molar-refractivity contribution in [3.05, 3.63) is 59.7 Å². The van der Waals surface area contributed by atoms with Gasteiger partial charge in [0.05, 0.1) is 32.8 Å². The molecule has 0 N–H and O–H groups in total. The molecule has 6 heteroatoms. The quantitative estimate of drug-likeness (QED) is 0.686. The average Bonchev–Trinajstić information content (AvgIpc) is 3.04. The van der Waals surface area contributed by atoms with E-state index in [1.165, 1.54) is 0 Å². The molecule has 1 heterocycles. The van der Waals surface area contributed by atoms with Crippen LogP contribution < -0.4 is 9.47 Å². The summed E-state index contributed by atoms with van der Waals surface area (Å²) in [7, 11) is 3.13. The first kappa shape index (κ1) is 19.7. The molecule has 2 aromatic carbocycles. The first-order valence-corrected chi connectivity index (χ1v) is 9.31. The van der Waals surface area contributed by atoms with Crippen LogP contribution in [-0.4, -0.2) is 37.6 Å². The second-order valence-corrected chi connectivity index (χ2v) is 6.63. The summed E-state index contributed by atoms with van der Waals surface area (Å²) in [6.07, 6.45) is 0.130. The SMILES string of the molecule is CCOC(=O)[C@@H]1CC(=O)N(Cc2ccccc2)[C@H]1c1ccc(OC)c(OC)c1. The third kappa shape index (κ3) is 3.96. The molecule has 3 rings (SSSR count). The number of carbonyl (C=O) groups is 2. The number of amides is 1. The predicted octanol–water partition coefficient (Wildman–Crippen LogP) is 3.36. The van der Waals surface area contributed by atoms with Crippen LogP contribution in [0.15, 0.2) is 48.5 Å². The number of benzene rings is 2. The zero-order chi connectivity index (χ0) is 20.1. The van der Waals surface area contributed by atoms with E-state index in [4.69, 9.17) is 14.2 Å². The maximum absolute atomic E-state index is 12.8. The van der Waals surface area contributed by atoms with Crippen molar-refractivity contribution in [3.8, 4) is 11.5 Å². The molecule has 6 nitrogen and oxygen atoms in total. The van der Waals surface area contributed by atoms with E-state index in [0.29, 0.717) is 18.0 Å². The first-order valence-electron chi connectivity index (χ1n) is 9.31. The third-order valence-electron chi connectivity index (χ3n) is 4.97. The van der Waals surface area contributed by atoms with E-state index >= 15 is 0 Å². The number of hydrogen-bond donors (Lipinski definition) is 0. The number of carbonyl (C=O) groups excluding carboxylic acids is 2. The fraction of sp³-hybridized carbons (Fsp3) is 0.364. The van der Waals surface area contributed by atoms with Crippen molar-refractivity contribution in [2.75, 3.05) is 20.8 Å². The van der Waals surface area contributed by atoms with Crippen molar-refractivity contribution in [2.24, 2.45) is 5.92 Å². The molecule has 1 fully saturated rings. The molecule has 1 aliphatic rings. The minimum absolute atomic E-state index is 0.0679. The van der Waals surface area contributed by atoms with Crippen LogP contribution in [0, 0.1) is 5.92 Å². The summed E-state index contributed by atoms with van der Waals surface area (Å²) in [5, 5.41) is 0. The van der Waals surface area contributed by atoms with Crippen LogP contribution in [0.4, 0.5) is 0 Å². The van der Waals surface area contributed by atoms with Gasteiger partial charge < -0.3 is 19.1 Å². The molecule has 0 aliphatic carbocycles. The second-order valence-electron chi connectivity index (χ2n) is 6.63.